The lowest BCUT2D eigenvalue weighted by molar-refractivity contribution is 0.280. The molecule has 0 bridgehead atoms. The summed E-state index contributed by atoms with van der Waals surface area (Å²) in [5, 5.41) is 21.8. The van der Waals surface area contributed by atoms with Crippen LogP contribution < -0.4 is 10.2 Å². The Bertz CT molecular complexity index is 420. The van der Waals surface area contributed by atoms with E-state index in [0.29, 0.717) is 13.1 Å². The van der Waals surface area contributed by atoms with Crippen molar-refractivity contribution in [2.24, 2.45) is 0 Å². The van der Waals surface area contributed by atoms with E-state index in [1.807, 2.05) is 11.8 Å². The number of aliphatic hydroxyl groups is 2. The van der Waals surface area contributed by atoms with Crippen LogP contribution in [0.3, 0.4) is 0 Å². The topological polar surface area (TPSA) is 81.5 Å². The predicted molar refractivity (Wildman–Crippen MR) is 85.9 cm³/mol. The summed E-state index contributed by atoms with van der Waals surface area (Å²) in [6.07, 6.45) is 2.83. The number of anilines is 2. The van der Waals surface area contributed by atoms with Crippen LogP contribution in [-0.2, 0) is 6.42 Å². The Balaban J connectivity index is 3.15. The molecule has 0 saturated heterocycles. The van der Waals surface area contributed by atoms with Crippen LogP contribution in [0.5, 0.6) is 0 Å². The van der Waals surface area contributed by atoms with Crippen molar-refractivity contribution in [1.82, 2.24) is 9.97 Å². The number of aryl methyl sites for hydroxylation is 1. The summed E-state index contributed by atoms with van der Waals surface area (Å²) < 4.78 is 0. The Labute approximate surface area is 127 Å². The largest absolute Gasteiger partial charge is 0.395 e. The van der Waals surface area contributed by atoms with Crippen molar-refractivity contribution in [1.29, 1.82) is 0 Å². The first kappa shape index (κ1) is 17.7. The quantitative estimate of drug-likeness (QED) is 0.605. The van der Waals surface area contributed by atoms with Crippen LogP contribution in [0.4, 0.5) is 11.6 Å². The number of aliphatic hydroxyl groups excluding tert-OH is 2. The van der Waals surface area contributed by atoms with Gasteiger partial charge in [-0.05, 0) is 19.8 Å². The molecule has 1 rings (SSSR count). The normalized spacial score (nSPS) is 10.7. The molecule has 1 aromatic heterocycles. The molecule has 0 atom stereocenters. The van der Waals surface area contributed by atoms with E-state index in [-0.39, 0.29) is 13.2 Å². The fourth-order valence-electron chi connectivity index (χ4n) is 2.17. The molecule has 21 heavy (non-hydrogen) atoms. The van der Waals surface area contributed by atoms with Gasteiger partial charge in [0.2, 0.25) is 0 Å². The van der Waals surface area contributed by atoms with Gasteiger partial charge in [-0.15, -0.1) is 0 Å². The van der Waals surface area contributed by atoms with Gasteiger partial charge in [0.25, 0.3) is 0 Å². The monoisotopic (exact) mass is 296 g/mol. The van der Waals surface area contributed by atoms with E-state index in [4.69, 9.17) is 0 Å². The SMILES string of the molecule is CCCNc1nc(CCC)nc(N(CCO)CCO)c1C. The average molecular weight is 296 g/mol. The minimum Gasteiger partial charge on any atom is -0.395 e. The van der Waals surface area contributed by atoms with E-state index in [1.165, 1.54) is 0 Å². The van der Waals surface area contributed by atoms with Crippen molar-refractivity contribution in [3.63, 3.8) is 0 Å². The van der Waals surface area contributed by atoms with E-state index < -0.39 is 0 Å². The first-order valence-electron chi connectivity index (χ1n) is 7.75. The molecule has 1 heterocycles. The zero-order valence-electron chi connectivity index (χ0n) is 13.4. The lowest BCUT2D eigenvalue weighted by atomic mass is 10.2. The summed E-state index contributed by atoms with van der Waals surface area (Å²) in [5.41, 5.74) is 0.963. The minimum atomic E-state index is 0.0320. The molecule has 6 nitrogen and oxygen atoms in total. The molecule has 120 valence electrons. The highest BCUT2D eigenvalue weighted by Gasteiger charge is 2.16. The maximum atomic E-state index is 9.22. The van der Waals surface area contributed by atoms with Crippen molar-refractivity contribution in [3.8, 4) is 0 Å². The molecular weight excluding hydrogens is 268 g/mol. The van der Waals surface area contributed by atoms with Crippen molar-refractivity contribution in [3.05, 3.63) is 11.4 Å². The van der Waals surface area contributed by atoms with Crippen molar-refractivity contribution < 1.29 is 10.2 Å². The molecule has 0 radical (unpaired) electrons. The second-order valence-electron chi connectivity index (χ2n) is 5.05. The van der Waals surface area contributed by atoms with Crippen molar-refractivity contribution in [2.75, 3.05) is 43.1 Å². The van der Waals surface area contributed by atoms with Gasteiger partial charge in [-0.25, -0.2) is 9.97 Å². The summed E-state index contributed by atoms with van der Waals surface area (Å²) in [7, 11) is 0. The zero-order chi connectivity index (χ0) is 15.7. The van der Waals surface area contributed by atoms with Crippen LogP contribution in [-0.4, -0.2) is 53.0 Å². The van der Waals surface area contributed by atoms with Crippen LogP contribution in [0.2, 0.25) is 0 Å². The van der Waals surface area contributed by atoms with E-state index in [2.05, 4.69) is 29.1 Å². The Hall–Kier alpha value is -1.40. The van der Waals surface area contributed by atoms with Crippen LogP contribution in [0.15, 0.2) is 0 Å². The van der Waals surface area contributed by atoms with E-state index >= 15 is 0 Å². The van der Waals surface area contributed by atoms with E-state index in [9.17, 15) is 10.2 Å². The second kappa shape index (κ2) is 9.52. The van der Waals surface area contributed by atoms with Gasteiger partial charge in [0.05, 0.1) is 13.2 Å². The van der Waals surface area contributed by atoms with E-state index in [0.717, 1.165) is 48.8 Å². The predicted octanol–water partition coefficient (Wildman–Crippen LogP) is 1.35. The molecule has 0 spiro atoms. The van der Waals surface area contributed by atoms with Crippen LogP contribution >= 0.6 is 0 Å². The summed E-state index contributed by atoms with van der Waals surface area (Å²) in [6, 6.07) is 0. The zero-order valence-corrected chi connectivity index (χ0v) is 13.4. The van der Waals surface area contributed by atoms with Gasteiger partial charge in [-0.3, -0.25) is 0 Å². The van der Waals surface area contributed by atoms with E-state index in [1.54, 1.807) is 0 Å². The highest BCUT2D eigenvalue weighted by Crippen LogP contribution is 2.24. The lowest BCUT2D eigenvalue weighted by Gasteiger charge is -2.25. The van der Waals surface area contributed by atoms with Gasteiger partial charge in [-0.2, -0.15) is 0 Å². The molecule has 0 saturated carbocycles. The Kier molecular flexibility index (Phi) is 8.00. The molecule has 0 aliphatic carbocycles. The fraction of sp³-hybridized carbons (Fsp3) is 0.733. The molecule has 1 aromatic rings. The number of hydrogen-bond acceptors (Lipinski definition) is 6. The maximum Gasteiger partial charge on any atom is 0.137 e. The van der Waals surface area contributed by atoms with Gasteiger partial charge in [-0.1, -0.05) is 13.8 Å². The summed E-state index contributed by atoms with van der Waals surface area (Å²) in [6.45, 7) is 8.03. The standard InChI is InChI=1S/C15H28N4O2/c1-4-6-13-17-14(16-7-5-2)12(3)15(18-13)19(8-10-20)9-11-21/h20-21H,4-11H2,1-3H3,(H,16,17,18). The third-order valence-corrected chi connectivity index (χ3v) is 3.22. The smallest absolute Gasteiger partial charge is 0.137 e. The third kappa shape index (κ3) is 5.13. The molecule has 3 N–H and O–H groups in total. The van der Waals surface area contributed by atoms with Gasteiger partial charge in [0.1, 0.15) is 17.5 Å². The van der Waals surface area contributed by atoms with Crippen molar-refractivity contribution >= 4 is 11.6 Å². The highest BCUT2D eigenvalue weighted by molar-refractivity contribution is 5.58. The van der Waals surface area contributed by atoms with Gasteiger partial charge in [0, 0.05) is 31.6 Å². The minimum absolute atomic E-state index is 0.0320. The number of nitrogens with one attached hydrogen (secondary N) is 1. The van der Waals surface area contributed by atoms with Gasteiger partial charge >= 0.3 is 0 Å². The highest BCUT2D eigenvalue weighted by atomic mass is 16.3. The molecule has 6 heteroatoms. The Morgan fingerprint density at radius 3 is 2.24 bits per heavy atom. The fourth-order valence-corrected chi connectivity index (χ4v) is 2.17. The third-order valence-electron chi connectivity index (χ3n) is 3.22. The Morgan fingerprint density at radius 2 is 1.71 bits per heavy atom. The number of hydrogen-bond donors (Lipinski definition) is 3. The maximum absolute atomic E-state index is 9.22. The van der Waals surface area contributed by atoms with Gasteiger partial charge < -0.3 is 20.4 Å². The molecular formula is C15H28N4O2. The average Bonchev–Trinajstić information content (AvgIpc) is 2.47. The van der Waals surface area contributed by atoms with Crippen molar-refractivity contribution in [2.45, 2.75) is 40.0 Å². The van der Waals surface area contributed by atoms with Gasteiger partial charge in [0.15, 0.2) is 0 Å². The first-order chi connectivity index (χ1) is 10.2. The molecule has 0 aromatic carbocycles. The molecule has 0 fully saturated rings. The number of rotatable bonds is 10. The first-order valence-corrected chi connectivity index (χ1v) is 7.75. The van der Waals surface area contributed by atoms with Crippen LogP contribution in [0, 0.1) is 6.92 Å². The van der Waals surface area contributed by atoms with Crippen LogP contribution in [0.1, 0.15) is 38.1 Å². The lowest BCUT2D eigenvalue weighted by Crippen LogP contribution is -2.32. The van der Waals surface area contributed by atoms with Crippen LogP contribution in [0.25, 0.3) is 0 Å². The number of nitrogens with zero attached hydrogens (tertiary/aromatic N) is 3. The molecule has 0 aliphatic rings. The summed E-state index contributed by atoms with van der Waals surface area (Å²) >= 11 is 0. The number of aromatic nitrogens is 2. The Morgan fingerprint density at radius 1 is 1.05 bits per heavy atom. The summed E-state index contributed by atoms with van der Waals surface area (Å²) in [4.78, 5) is 11.1. The molecule has 0 unspecified atom stereocenters. The molecule has 0 amide bonds. The molecule has 0 aliphatic heterocycles. The summed E-state index contributed by atoms with van der Waals surface area (Å²) in [5.74, 6) is 2.46. The second-order valence-corrected chi connectivity index (χ2v) is 5.05.